The molecular formula is C44H54O10. The van der Waals surface area contributed by atoms with Crippen molar-refractivity contribution in [3.05, 3.63) is 108 Å². The Kier molecular flexibility index (Phi) is 17.5. The van der Waals surface area contributed by atoms with Crippen LogP contribution < -0.4 is 18.9 Å². The summed E-state index contributed by atoms with van der Waals surface area (Å²) in [5.41, 5.74) is 1.81. The third-order valence-corrected chi connectivity index (χ3v) is 8.13. The minimum absolute atomic E-state index is 0.326. The molecule has 3 aromatic rings. The lowest BCUT2D eigenvalue weighted by Crippen LogP contribution is -2.17. The van der Waals surface area contributed by atoms with Gasteiger partial charge in [-0.15, -0.1) is 0 Å². The van der Waals surface area contributed by atoms with Gasteiger partial charge in [0.15, 0.2) is 0 Å². The second kappa shape index (κ2) is 22.0. The Morgan fingerprint density at radius 3 is 1.31 bits per heavy atom. The second-order valence-electron chi connectivity index (χ2n) is 14.1. The lowest BCUT2D eigenvalue weighted by Gasteiger charge is -2.23. The predicted octanol–water partition coefficient (Wildman–Crippen LogP) is 9.54. The number of unbranched alkanes of at least 4 members (excludes halogenated alkanes) is 6. The van der Waals surface area contributed by atoms with Gasteiger partial charge in [0.1, 0.15) is 23.0 Å². The summed E-state index contributed by atoms with van der Waals surface area (Å²) in [6.07, 6.45) is 7.00. The predicted molar refractivity (Wildman–Crippen MR) is 207 cm³/mol. The van der Waals surface area contributed by atoms with Gasteiger partial charge in [0.2, 0.25) is 0 Å². The van der Waals surface area contributed by atoms with E-state index in [1.165, 1.54) is 0 Å². The minimum atomic E-state index is -0.526. The molecule has 10 nitrogen and oxygen atoms in total. The number of ether oxygens (including phenoxy) is 6. The molecule has 0 saturated carbocycles. The summed E-state index contributed by atoms with van der Waals surface area (Å²) in [4.78, 5) is 48.9. The smallest absolute Gasteiger partial charge is 0.343 e. The highest BCUT2D eigenvalue weighted by atomic mass is 16.5. The van der Waals surface area contributed by atoms with Crippen LogP contribution in [-0.4, -0.2) is 50.3 Å². The van der Waals surface area contributed by atoms with Gasteiger partial charge in [-0.3, -0.25) is 0 Å². The van der Waals surface area contributed by atoms with Crippen molar-refractivity contribution in [1.29, 1.82) is 0 Å². The Morgan fingerprint density at radius 1 is 0.519 bits per heavy atom. The monoisotopic (exact) mass is 742 g/mol. The maximum Gasteiger partial charge on any atom is 0.343 e. The van der Waals surface area contributed by atoms with Crippen LogP contribution in [0.4, 0.5) is 0 Å². The van der Waals surface area contributed by atoms with Crippen LogP contribution in [0.3, 0.4) is 0 Å². The van der Waals surface area contributed by atoms with E-state index in [1.807, 2.05) is 20.8 Å². The molecule has 0 aliphatic heterocycles. The van der Waals surface area contributed by atoms with Crippen LogP contribution in [-0.2, 0) is 24.5 Å². The summed E-state index contributed by atoms with van der Waals surface area (Å²) in [5.74, 6) is 0.225. The normalized spacial score (nSPS) is 10.9. The largest absolute Gasteiger partial charge is 0.494 e. The summed E-state index contributed by atoms with van der Waals surface area (Å²) in [6, 6.07) is 18.5. The van der Waals surface area contributed by atoms with Gasteiger partial charge in [-0.25, -0.2) is 19.2 Å². The van der Waals surface area contributed by atoms with Crippen LogP contribution in [0.5, 0.6) is 23.0 Å². The lowest BCUT2D eigenvalue weighted by molar-refractivity contribution is -0.139. The third-order valence-electron chi connectivity index (χ3n) is 8.13. The standard InChI is InChI=1S/C44H54O10/c1-31(2)40(45)51-28-14-10-8-12-26-49-35-20-16-33(17-21-35)42(47)53-37-24-25-39(38(30-37)44(5,6)7)54-43(48)34-18-22-36(23-19-34)50-27-13-9-11-15-29-52-41(46)32(3)4/h16-25,30H,1,3,8-15,26-29H2,2,4-7H3. The zero-order valence-electron chi connectivity index (χ0n) is 32.3. The van der Waals surface area contributed by atoms with Gasteiger partial charge in [0, 0.05) is 16.7 Å². The van der Waals surface area contributed by atoms with Crippen molar-refractivity contribution < 1.29 is 47.6 Å². The quantitative estimate of drug-likeness (QED) is 0.0426. The fraction of sp³-hybridized carbons (Fsp3) is 0.409. The Labute approximate surface area is 319 Å². The molecule has 0 saturated heterocycles. The molecule has 0 amide bonds. The molecule has 290 valence electrons. The molecule has 0 heterocycles. The maximum absolute atomic E-state index is 13.1. The molecule has 3 aromatic carbocycles. The summed E-state index contributed by atoms with van der Waals surface area (Å²) in [6.45, 7) is 18.2. The van der Waals surface area contributed by atoms with Gasteiger partial charge in [0.25, 0.3) is 0 Å². The van der Waals surface area contributed by atoms with E-state index in [2.05, 4.69) is 13.2 Å². The van der Waals surface area contributed by atoms with Crippen LogP contribution in [0.1, 0.15) is 112 Å². The first-order chi connectivity index (χ1) is 25.7. The van der Waals surface area contributed by atoms with Crippen LogP contribution in [0.2, 0.25) is 0 Å². The molecule has 0 aliphatic rings. The van der Waals surface area contributed by atoms with E-state index in [0.29, 0.717) is 77.3 Å². The molecule has 0 unspecified atom stereocenters. The number of carbonyl (C=O) groups is 4. The Hall–Kier alpha value is -5.38. The molecule has 54 heavy (non-hydrogen) atoms. The third kappa shape index (κ3) is 15.3. The van der Waals surface area contributed by atoms with Crippen molar-refractivity contribution in [3.8, 4) is 23.0 Å². The van der Waals surface area contributed by atoms with Crippen LogP contribution in [0, 0.1) is 0 Å². The first kappa shape index (κ1) is 43.0. The molecule has 0 bridgehead atoms. The molecule has 0 spiro atoms. The van der Waals surface area contributed by atoms with Crippen LogP contribution in [0.15, 0.2) is 91.0 Å². The molecule has 0 aromatic heterocycles. The van der Waals surface area contributed by atoms with E-state index in [9.17, 15) is 19.2 Å². The number of hydrogen-bond donors (Lipinski definition) is 0. The zero-order valence-corrected chi connectivity index (χ0v) is 32.3. The SMILES string of the molecule is C=C(C)C(=O)OCCCCCCOc1ccc(C(=O)Oc2ccc(OC(=O)c3ccc(OCCCCCCOC(=O)C(=C)C)cc3)c(C(C)(C)C)c2)cc1. The first-order valence-electron chi connectivity index (χ1n) is 18.4. The fourth-order valence-electron chi connectivity index (χ4n) is 5.02. The van der Waals surface area contributed by atoms with Gasteiger partial charge in [-0.2, -0.15) is 0 Å². The highest BCUT2D eigenvalue weighted by Gasteiger charge is 2.23. The van der Waals surface area contributed by atoms with E-state index in [4.69, 9.17) is 28.4 Å². The van der Waals surface area contributed by atoms with Crippen molar-refractivity contribution in [2.24, 2.45) is 0 Å². The number of carbonyl (C=O) groups excluding carboxylic acids is 4. The zero-order chi connectivity index (χ0) is 39.5. The van der Waals surface area contributed by atoms with Crippen molar-refractivity contribution in [2.75, 3.05) is 26.4 Å². The summed E-state index contributed by atoms with van der Waals surface area (Å²) in [7, 11) is 0. The highest BCUT2D eigenvalue weighted by Crippen LogP contribution is 2.35. The Morgan fingerprint density at radius 2 is 0.907 bits per heavy atom. The average molecular weight is 743 g/mol. The van der Waals surface area contributed by atoms with E-state index in [0.717, 1.165) is 51.4 Å². The molecule has 0 atom stereocenters. The Bertz CT molecular complexity index is 1720. The molecule has 3 rings (SSSR count). The van der Waals surface area contributed by atoms with Gasteiger partial charge >= 0.3 is 23.9 Å². The molecule has 10 heteroatoms. The second-order valence-corrected chi connectivity index (χ2v) is 14.1. The first-order valence-corrected chi connectivity index (χ1v) is 18.4. The average Bonchev–Trinajstić information content (AvgIpc) is 3.14. The summed E-state index contributed by atoms with van der Waals surface area (Å²) < 4.78 is 33.3. The number of benzene rings is 3. The van der Waals surface area contributed by atoms with Crippen LogP contribution >= 0.6 is 0 Å². The molecule has 0 fully saturated rings. The van der Waals surface area contributed by atoms with Gasteiger partial charge < -0.3 is 28.4 Å². The molecule has 0 radical (unpaired) electrons. The summed E-state index contributed by atoms with van der Waals surface area (Å²) >= 11 is 0. The van der Waals surface area contributed by atoms with Gasteiger partial charge in [0.05, 0.1) is 37.6 Å². The topological polar surface area (TPSA) is 124 Å². The van der Waals surface area contributed by atoms with E-state index in [-0.39, 0.29) is 11.9 Å². The van der Waals surface area contributed by atoms with E-state index < -0.39 is 17.4 Å². The van der Waals surface area contributed by atoms with Crippen LogP contribution in [0.25, 0.3) is 0 Å². The number of rotatable bonds is 22. The molecule has 0 aliphatic carbocycles. The van der Waals surface area contributed by atoms with Crippen molar-refractivity contribution >= 4 is 23.9 Å². The van der Waals surface area contributed by atoms with E-state index in [1.54, 1.807) is 80.6 Å². The molecule has 0 N–H and O–H groups in total. The van der Waals surface area contributed by atoms with E-state index >= 15 is 0 Å². The van der Waals surface area contributed by atoms with Crippen molar-refractivity contribution in [2.45, 2.75) is 91.4 Å². The Balaban J connectivity index is 1.44. The lowest BCUT2D eigenvalue weighted by atomic mass is 9.86. The fourth-order valence-corrected chi connectivity index (χ4v) is 5.02. The number of hydrogen-bond acceptors (Lipinski definition) is 10. The highest BCUT2D eigenvalue weighted by molar-refractivity contribution is 5.92. The van der Waals surface area contributed by atoms with Crippen molar-refractivity contribution in [1.82, 2.24) is 0 Å². The number of esters is 4. The van der Waals surface area contributed by atoms with Crippen molar-refractivity contribution in [3.63, 3.8) is 0 Å². The van der Waals surface area contributed by atoms with Gasteiger partial charge in [-0.1, -0.05) is 33.9 Å². The summed E-state index contributed by atoms with van der Waals surface area (Å²) in [5, 5.41) is 0. The van der Waals surface area contributed by atoms with Gasteiger partial charge in [-0.05, 0) is 137 Å². The minimum Gasteiger partial charge on any atom is -0.494 e. The molecular weight excluding hydrogens is 688 g/mol. The maximum atomic E-state index is 13.1.